The van der Waals surface area contributed by atoms with Gasteiger partial charge in [-0.05, 0) is 31.0 Å². The van der Waals surface area contributed by atoms with Crippen LogP contribution in [0.2, 0.25) is 0 Å². The van der Waals surface area contributed by atoms with Gasteiger partial charge in [0, 0.05) is 36.2 Å². The van der Waals surface area contributed by atoms with Gasteiger partial charge in [-0.25, -0.2) is 4.79 Å². The van der Waals surface area contributed by atoms with Crippen LogP contribution in [0.1, 0.15) is 35.3 Å². The number of nitrogens with zero attached hydrogens (tertiary/aromatic N) is 1. The number of aromatic nitrogens is 1. The van der Waals surface area contributed by atoms with Crippen molar-refractivity contribution >= 4 is 16.9 Å². The van der Waals surface area contributed by atoms with Crippen LogP contribution >= 0.6 is 0 Å². The van der Waals surface area contributed by atoms with Crippen LogP contribution in [0.4, 0.5) is 0 Å². The van der Waals surface area contributed by atoms with Crippen molar-refractivity contribution in [3.05, 3.63) is 35.5 Å². The highest BCUT2D eigenvalue weighted by molar-refractivity contribution is 6.03. The number of carbonyl (C=O) groups is 1. The molecule has 4 nitrogen and oxygen atoms in total. The van der Waals surface area contributed by atoms with E-state index in [1.807, 2.05) is 19.2 Å². The summed E-state index contributed by atoms with van der Waals surface area (Å²) in [5, 5.41) is 13.6. The smallest absolute Gasteiger partial charge is 0.336 e. The lowest BCUT2D eigenvalue weighted by Gasteiger charge is -2.26. The lowest BCUT2D eigenvalue weighted by Crippen LogP contribution is -2.34. The van der Waals surface area contributed by atoms with E-state index < -0.39 is 5.97 Å². The summed E-state index contributed by atoms with van der Waals surface area (Å²) in [5.74, 6) is -0.866. The van der Waals surface area contributed by atoms with Gasteiger partial charge in [0.1, 0.15) is 0 Å². The van der Waals surface area contributed by atoms with Crippen LogP contribution in [0.25, 0.3) is 10.9 Å². The van der Waals surface area contributed by atoms with E-state index in [0.717, 1.165) is 23.1 Å². The van der Waals surface area contributed by atoms with Gasteiger partial charge in [-0.15, -0.1) is 0 Å². The molecule has 100 valence electrons. The van der Waals surface area contributed by atoms with Crippen molar-refractivity contribution in [3.63, 3.8) is 0 Å². The summed E-state index contributed by atoms with van der Waals surface area (Å²) in [7, 11) is 1.99. The first-order chi connectivity index (χ1) is 9.16. The molecule has 0 unspecified atom stereocenters. The largest absolute Gasteiger partial charge is 0.478 e. The Morgan fingerprint density at radius 2 is 2.26 bits per heavy atom. The summed E-state index contributed by atoms with van der Waals surface area (Å²) in [4.78, 5) is 11.2. The van der Waals surface area contributed by atoms with E-state index in [1.54, 1.807) is 12.1 Å². The van der Waals surface area contributed by atoms with Gasteiger partial charge in [0.15, 0.2) is 0 Å². The third kappa shape index (κ3) is 2.12. The Balaban J connectivity index is 1.94. The van der Waals surface area contributed by atoms with E-state index in [4.69, 9.17) is 0 Å². The first-order valence-corrected chi connectivity index (χ1v) is 6.71. The van der Waals surface area contributed by atoms with Crippen molar-refractivity contribution in [2.75, 3.05) is 0 Å². The number of hydrogen-bond acceptors (Lipinski definition) is 2. The molecular formula is C15H18N2O2. The second kappa shape index (κ2) is 4.70. The molecule has 2 aromatic rings. The Morgan fingerprint density at radius 1 is 1.47 bits per heavy atom. The van der Waals surface area contributed by atoms with E-state index >= 15 is 0 Å². The van der Waals surface area contributed by atoms with Gasteiger partial charge < -0.3 is 15.0 Å². The van der Waals surface area contributed by atoms with Crippen molar-refractivity contribution in [3.8, 4) is 0 Å². The highest BCUT2D eigenvalue weighted by atomic mass is 16.4. The number of carboxylic acid groups (broad SMARTS) is 1. The fourth-order valence-corrected chi connectivity index (χ4v) is 2.63. The van der Waals surface area contributed by atoms with Crippen molar-refractivity contribution in [2.24, 2.45) is 7.05 Å². The molecule has 0 saturated heterocycles. The molecule has 19 heavy (non-hydrogen) atoms. The molecule has 1 aliphatic rings. The number of benzene rings is 1. The highest BCUT2D eigenvalue weighted by Gasteiger charge is 2.18. The second-order valence-electron chi connectivity index (χ2n) is 5.25. The van der Waals surface area contributed by atoms with Crippen LogP contribution in [-0.4, -0.2) is 21.7 Å². The molecule has 1 heterocycles. The van der Waals surface area contributed by atoms with Gasteiger partial charge in [0.25, 0.3) is 0 Å². The van der Waals surface area contributed by atoms with Gasteiger partial charge in [0.2, 0.25) is 0 Å². The highest BCUT2D eigenvalue weighted by Crippen LogP contribution is 2.24. The molecular weight excluding hydrogens is 240 g/mol. The second-order valence-corrected chi connectivity index (χ2v) is 5.25. The normalized spacial score (nSPS) is 15.6. The van der Waals surface area contributed by atoms with Gasteiger partial charge in [-0.1, -0.05) is 12.5 Å². The maximum atomic E-state index is 11.2. The fourth-order valence-electron chi connectivity index (χ4n) is 2.63. The maximum Gasteiger partial charge on any atom is 0.336 e. The molecule has 0 amide bonds. The number of fused-ring (bicyclic) bond motifs is 1. The van der Waals surface area contributed by atoms with Gasteiger partial charge in [0.05, 0.1) is 5.56 Å². The molecule has 1 aromatic carbocycles. The number of nitrogens with one attached hydrogen (secondary N) is 1. The summed E-state index contributed by atoms with van der Waals surface area (Å²) in [5.41, 5.74) is 2.49. The Kier molecular flexibility index (Phi) is 3.03. The van der Waals surface area contributed by atoms with E-state index in [1.165, 1.54) is 19.3 Å². The maximum absolute atomic E-state index is 11.2. The Hall–Kier alpha value is -1.81. The predicted octanol–water partition coefficient (Wildman–Crippen LogP) is 2.52. The van der Waals surface area contributed by atoms with Gasteiger partial charge >= 0.3 is 5.97 Å². The van der Waals surface area contributed by atoms with Crippen LogP contribution in [0, 0.1) is 0 Å². The molecule has 1 aliphatic carbocycles. The minimum absolute atomic E-state index is 0.378. The zero-order valence-corrected chi connectivity index (χ0v) is 11.0. The third-order valence-electron chi connectivity index (χ3n) is 4.09. The lowest BCUT2D eigenvalue weighted by atomic mass is 9.93. The van der Waals surface area contributed by atoms with Crippen LogP contribution in [0.3, 0.4) is 0 Å². The van der Waals surface area contributed by atoms with Gasteiger partial charge in [-0.2, -0.15) is 0 Å². The SMILES string of the molecule is Cn1c(CNC2CCC2)cc2c(C(=O)O)cccc21. The number of aryl methyl sites for hydroxylation is 1. The molecule has 1 aromatic heterocycles. The molecule has 4 heteroatoms. The molecule has 1 fully saturated rings. The Labute approximate surface area is 112 Å². The molecule has 0 radical (unpaired) electrons. The molecule has 0 atom stereocenters. The number of rotatable bonds is 4. The summed E-state index contributed by atoms with van der Waals surface area (Å²) in [6, 6.07) is 8.05. The zero-order valence-electron chi connectivity index (χ0n) is 11.0. The Bertz CT molecular complexity index is 626. The summed E-state index contributed by atoms with van der Waals surface area (Å²) in [6.45, 7) is 0.801. The number of aromatic carboxylic acids is 1. The summed E-state index contributed by atoms with van der Waals surface area (Å²) < 4.78 is 2.08. The molecule has 1 saturated carbocycles. The van der Waals surface area contributed by atoms with Crippen LogP contribution in [0.5, 0.6) is 0 Å². The topological polar surface area (TPSA) is 54.3 Å². The molecule has 0 bridgehead atoms. The number of hydrogen-bond donors (Lipinski definition) is 2. The molecule has 3 rings (SSSR count). The average molecular weight is 258 g/mol. The van der Waals surface area contributed by atoms with Crippen LogP contribution < -0.4 is 5.32 Å². The molecule has 0 aliphatic heterocycles. The van der Waals surface area contributed by atoms with Crippen LogP contribution in [-0.2, 0) is 13.6 Å². The fraction of sp³-hybridized carbons (Fsp3) is 0.400. The van der Waals surface area contributed by atoms with Crippen molar-refractivity contribution in [1.82, 2.24) is 9.88 Å². The van der Waals surface area contributed by atoms with Crippen molar-refractivity contribution in [1.29, 1.82) is 0 Å². The summed E-state index contributed by atoms with van der Waals surface area (Å²) >= 11 is 0. The first kappa shape index (κ1) is 12.2. The van der Waals surface area contributed by atoms with E-state index in [-0.39, 0.29) is 0 Å². The standard InChI is InChI=1S/C15H18N2O2/c1-17-11(9-16-10-4-2-5-10)8-13-12(15(18)19)6-3-7-14(13)17/h3,6-8,10,16H,2,4-5,9H2,1H3,(H,18,19). The quantitative estimate of drug-likeness (QED) is 0.886. The third-order valence-corrected chi connectivity index (χ3v) is 4.09. The monoisotopic (exact) mass is 258 g/mol. The minimum atomic E-state index is -0.866. The average Bonchev–Trinajstić information content (AvgIpc) is 2.65. The van der Waals surface area contributed by atoms with Gasteiger partial charge in [-0.3, -0.25) is 0 Å². The predicted molar refractivity (Wildman–Crippen MR) is 74.4 cm³/mol. The van der Waals surface area contributed by atoms with E-state index in [2.05, 4.69) is 9.88 Å². The van der Waals surface area contributed by atoms with Crippen molar-refractivity contribution in [2.45, 2.75) is 31.8 Å². The summed E-state index contributed by atoms with van der Waals surface area (Å²) in [6.07, 6.45) is 3.82. The number of carboxylic acids is 1. The zero-order chi connectivity index (χ0) is 13.4. The van der Waals surface area contributed by atoms with E-state index in [9.17, 15) is 9.90 Å². The lowest BCUT2D eigenvalue weighted by molar-refractivity contribution is 0.0699. The minimum Gasteiger partial charge on any atom is -0.478 e. The van der Waals surface area contributed by atoms with Crippen LogP contribution in [0.15, 0.2) is 24.3 Å². The Morgan fingerprint density at radius 3 is 2.89 bits per heavy atom. The molecule has 0 spiro atoms. The van der Waals surface area contributed by atoms with Crippen molar-refractivity contribution < 1.29 is 9.90 Å². The molecule has 2 N–H and O–H groups in total. The van der Waals surface area contributed by atoms with E-state index in [0.29, 0.717) is 11.6 Å². The first-order valence-electron chi connectivity index (χ1n) is 6.71.